The van der Waals surface area contributed by atoms with Crippen molar-refractivity contribution in [2.75, 3.05) is 5.32 Å². The van der Waals surface area contributed by atoms with Gasteiger partial charge in [-0.2, -0.15) is 5.26 Å². The molecule has 26 heavy (non-hydrogen) atoms. The lowest BCUT2D eigenvalue weighted by atomic mass is 10.1. The summed E-state index contributed by atoms with van der Waals surface area (Å²) in [6, 6.07) is 17.8. The van der Waals surface area contributed by atoms with Crippen molar-refractivity contribution in [3.05, 3.63) is 75.0 Å². The molecule has 0 unspecified atom stereocenters. The molecule has 1 amide bonds. The zero-order valence-corrected chi connectivity index (χ0v) is 17.3. The van der Waals surface area contributed by atoms with Gasteiger partial charge in [0, 0.05) is 28.0 Å². The van der Waals surface area contributed by atoms with Gasteiger partial charge in [-0.1, -0.05) is 30.3 Å². The van der Waals surface area contributed by atoms with Gasteiger partial charge >= 0.3 is 0 Å². The first-order chi connectivity index (χ1) is 12.4. The van der Waals surface area contributed by atoms with Crippen LogP contribution in [0.5, 0.6) is 0 Å². The molecule has 0 saturated carbocycles. The highest BCUT2D eigenvalue weighted by atomic mass is 127. The van der Waals surface area contributed by atoms with Crippen LogP contribution >= 0.6 is 22.6 Å². The Morgan fingerprint density at radius 3 is 2.54 bits per heavy atom. The molecule has 0 aromatic heterocycles. The average Bonchev–Trinajstić information content (AvgIpc) is 2.62. The van der Waals surface area contributed by atoms with Crippen molar-refractivity contribution >= 4 is 34.2 Å². The minimum absolute atomic E-state index is 0.0144. The number of aryl methyl sites for hydroxylation is 1. The van der Waals surface area contributed by atoms with Gasteiger partial charge in [-0.25, -0.2) is 0 Å². The number of hydrogen-bond donors (Lipinski definition) is 1. The first kappa shape index (κ1) is 20.0. The third-order valence-corrected chi connectivity index (χ3v) is 4.66. The van der Waals surface area contributed by atoms with E-state index in [-0.39, 0.29) is 17.5 Å². The molecule has 2 aromatic rings. The van der Waals surface area contributed by atoms with Crippen LogP contribution in [0.1, 0.15) is 25.0 Å². The summed E-state index contributed by atoms with van der Waals surface area (Å²) in [6.07, 6.45) is 1.50. The summed E-state index contributed by atoms with van der Waals surface area (Å²) in [5.74, 6) is -0.276. The minimum atomic E-state index is -0.276. The molecule has 0 atom stereocenters. The third kappa shape index (κ3) is 5.33. The quantitative estimate of drug-likeness (QED) is 0.382. The lowest BCUT2D eigenvalue weighted by molar-refractivity contribution is -0.129. The molecule has 2 aromatic carbocycles. The molecule has 0 radical (unpaired) electrons. The third-order valence-electron chi connectivity index (χ3n) is 3.99. The maximum Gasteiger partial charge on any atom is 0.266 e. The number of halogens is 1. The predicted molar refractivity (Wildman–Crippen MR) is 113 cm³/mol. The average molecular weight is 459 g/mol. The van der Waals surface area contributed by atoms with Gasteiger partial charge in [0.15, 0.2) is 0 Å². The summed E-state index contributed by atoms with van der Waals surface area (Å²) in [5, 5.41) is 12.6. The first-order valence-electron chi connectivity index (χ1n) is 8.40. The van der Waals surface area contributed by atoms with Gasteiger partial charge in [0.1, 0.15) is 11.6 Å². The van der Waals surface area contributed by atoms with Crippen LogP contribution in [0.25, 0.3) is 0 Å². The molecule has 1 N–H and O–H groups in total. The number of anilines is 1. The smallest absolute Gasteiger partial charge is 0.266 e. The van der Waals surface area contributed by atoms with Gasteiger partial charge < -0.3 is 10.2 Å². The van der Waals surface area contributed by atoms with Crippen molar-refractivity contribution in [1.29, 1.82) is 5.26 Å². The van der Waals surface area contributed by atoms with E-state index in [1.807, 2.05) is 75.4 Å². The van der Waals surface area contributed by atoms with Crippen LogP contribution in [0.15, 0.2) is 60.3 Å². The van der Waals surface area contributed by atoms with Crippen molar-refractivity contribution in [3.8, 4) is 6.07 Å². The summed E-state index contributed by atoms with van der Waals surface area (Å²) in [5.41, 5.74) is 3.06. The second-order valence-corrected chi connectivity index (χ2v) is 7.53. The Morgan fingerprint density at radius 2 is 1.96 bits per heavy atom. The van der Waals surface area contributed by atoms with Gasteiger partial charge in [-0.3, -0.25) is 4.79 Å². The number of carbonyl (C=O) groups excluding carboxylic acids is 1. The zero-order valence-electron chi connectivity index (χ0n) is 15.2. The number of benzene rings is 2. The van der Waals surface area contributed by atoms with Crippen LogP contribution in [0.4, 0.5) is 5.69 Å². The second-order valence-electron chi connectivity index (χ2n) is 6.29. The van der Waals surface area contributed by atoms with E-state index in [1.165, 1.54) is 6.20 Å². The predicted octanol–water partition coefficient (Wildman–Crippen LogP) is 4.86. The maximum atomic E-state index is 12.9. The molecular formula is C21H22IN3O. The summed E-state index contributed by atoms with van der Waals surface area (Å²) in [7, 11) is 0. The highest BCUT2D eigenvalue weighted by Gasteiger charge is 2.21. The van der Waals surface area contributed by atoms with Gasteiger partial charge in [-0.15, -0.1) is 0 Å². The normalized spacial score (nSPS) is 11.2. The zero-order chi connectivity index (χ0) is 19.1. The minimum Gasteiger partial charge on any atom is -0.360 e. The Balaban J connectivity index is 2.20. The Labute approximate surface area is 168 Å². The summed E-state index contributed by atoms with van der Waals surface area (Å²) < 4.78 is 1.14. The van der Waals surface area contributed by atoms with Gasteiger partial charge in [0.05, 0.1) is 0 Å². The van der Waals surface area contributed by atoms with Crippen LogP contribution in [-0.2, 0) is 11.3 Å². The topological polar surface area (TPSA) is 56.1 Å². The number of hydrogen-bond acceptors (Lipinski definition) is 3. The van der Waals surface area contributed by atoms with Crippen molar-refractivity contribution in [3.63, 3.8) is 0 Å². The fraction of sp³-hybridized carbons (Fsp3) is 0.238. The van der Waals surface area contributed by atoms with Gasteiger partial charge in [-0.05, 0) is 72.7 Å². The second kappa shape index (κ2) is 9.39. The van der Waals surface area contributed by atoms with Crippen molar-refractivity contribution < 1.29 is 4.79 Å². The van der Waals surface area contributed by atoms with E-state index in [1.54, 1.807) is 4.90 Å². The SMILES string of the molecule is Cc1cc(I)ccc1N/C=C(/C#N)C(=O)N(Cc1ccccc1)C(C)C. The van der Waals surface area contributed by atoms with E-state index in [0.717, 1.165) is 20.4 Å². The standard InChI is InChI=1S/C21H22IN3O/c1-15(2)25(14-17-7-5-4-6-8-17)21(26)18(12-23)13-24-20-10-9-19(22)11-16(20)3/h4-11,13,15,24H,14H2,1-3H3/b18-13-. The van der Waals surface area contributed by atoms with Crippen LogP contribution in [-0.4, -0.2) is 16.8 Å². The lowest BCUT2D eigenvalue weighted by Gasteiger charge is -2.26. The molecular weight excluding hydrogens is 437 g/mol. The molecule has 0 saturated heterocycles. The number of nitrogens with zero attached hydrogens (tertiary/aromatic N) is 2. The van der Waals surface area contributed by atoms with Crippen LogP contribution in [0, 0.1) is 21.8 Å². The summed E-state index contributed by atoms with van der Waals surface area (Å²) >= 11 is 2.25. The summed E-state index contributed by atoms with van der Waals surface area (Å²) in [6.45, 7) is 6.36. The van der Waals surface area contributed by atoms with Crippen molar-refractivity contribution in [1.82, 2.24) is 4.90 Å². The van der Waals surface area contributed by atoms with E-state index >= 15 is 0 Å². The lowest BCUT2D eigenvalue weighted by Crippen LogP contribution is -2.37. The first-order valence-corrected chi connectivity index (χ1v) is 9.48. The number of nitriles is 1. The Bertz CT molecular complexity index is 838. The molecule has 0 spiro atoms. The number of amides is 1. The van der Waals surface area contributed by atoms with Crippen LogP contribution in [0.3, 0.4) is 0 Å². The maximum absolute atomic E-state index is 12.9. The molecule has 0 aliphatic heterocycles. The molecule has 0 heterocycles. The fourth-order valence-corrected chi connectivity index (χ4v) is 3.15. The Morgan fingerprint density at radius 1 is 1.27 bits per heavy atom. The van der Waals surface area contributed by atoms with E-state index in [9.17, 15) is 10.1 Å². The van der Waals surface area contributed by atoms with E-state index in [4.69, 9.17) is 0 Å². The molecule has 0 bridgehead atoms. The monoisotopic (exact) mass is 459 g/mol. The van der Waals surface area contributed by atoms with Gasteiger partial charge in [0.2, 0.25) is 0 Å². The fourth-order valence-electron chi connectivity index (χ4n) is 2.50. The highest BCUT2D eigenvalue weighted by Crippen LogP contribution is 2.18. The molecule has 134 valence electrons. The van der Waals surface area contributed by atoms with E-state index in [2.05, 4.69) is 27.9 Å². The van der Waals surface area contributed by atoms with Crippen LogP contribution in [0.2, 0.25) is 0 Å². The van der Waals surface area contributed by atoms with E-state index < -0.39 is 0 Å². The Hall–Kier alpha value is -2.33. The van der Waals surface area contributed by atoms with Crippen molar-refractivity contribution in [2.24, 2.45) is 0 Å². The highest BCUT2D eigenvalue weighted by molar-refractivity contribution is 14.1. The van der Waals surface area contributed by atoms with E-state index in [0.29, 0.717) is 6.54 Å². The number of nitrogens with one attached hydrogen (secondary N) is 1. The number of carbonyl (C=O) groups is 1. The number of rotatable bonds is 6. The Kier molecular flexibility index (Phi) is 7.22. The summed E-state index contributed by atoms with van der Waals surface area (Å²) in [4.78, 5) is 14.6. The van der Waals surface area contributed by atoms with Gasteiger partial charge in [0.25, 0.3) is 5.91 Å². The molecule has 0 aliphatic carbocycles. The molecule has 0 fully saturated rings. The molecule has 2 rings (SSSR count). The molecule has 4 nitrogen and oxygen atoms in total. The van der Waals surface area contributed by atoms with Crippen LogP contribution < -0.4 is 5.32 Å². The molecule has 5 heteroatoms. The largest absolute Gasteiger partial charge is 0.360 e. The van der Waals surface area contributed by atoms with Crippen molar-refractivity contribution in [2.45, 2.75) is 33.4 Å². The molecule has 0 aliphatic rings.